The van der Waals surface area contributed by atoms with Crippen LogP contribution in [-0.2, 0) is 11.2 Å². The molecule has 1 fully saturated rings. The molecule has 3 rings (SSSR count). The molecule has 0 saturated carbocycles. The van der Waals surface area contributed by atoms with Gasteiger partial charge in [0.05, 0.1) is 12.2 Å². The van der Waals surface area contributed by atoms with E-state index in [9.17, 15) is 0 Å². The summed E-state index contributed by atoms with van der Waals surface area (Å²) in [5.41, 5.74) is 8.57. The third kappa shape index (κ3) is 2.77. The van der Waals surface area contributed by atoms with Gasteiger partial charge < -0.3 is 15.4 Å². The zero-order valence-corrected chi connectivity index (χ0v) is 11.7. The number of nitrogens with two attached hydrogens (primary N) is 1. The van der Waals surface area contributed by atoms with E-state index >= 15 is 0 Å². The number of para-hydroxylation sites is 1. The number of hydrogen-bond acceptors (Lipinski definition) is 3. The Kier molecular flexibility index (Phi) is 3.76. The molecule has 0 radical (unpaired) electrons. The van der Waals surface area contributed by atoms with Crippen molar-refractivity contribution in [3.8, 4) is 0 Å². The van der Waals surface area contributed by atoms with E-state index in [0.29, 0.717) is 12.6 Å². The standard InChI is InChI=1S/C16H24N2O/c1-12-8-13-4-2-3-5-16(13)18(10-12)11-15-7-6-14(9-17)19-15/h2-5,12,14-15H,6-11,17H2,1H3. The Morgan fingerprint density at radius 2 is 2.05 bits per heavy atom. The quantitative estimate of drug-likeness (QED) is 0.905. The first kappa shape index (κ1) is 12.9. The maximum atomic E-state index is 6.00. The van der Waals surface area contributed by atoms with Gasteiger partial charge in [0.1, 0.15) is 0 Å². The second-order valence-electron chi connectivity index (χ2n) is 6.04. The zero-order valence-electron chi connectivity index (χ0n) is 11.7. The maximum absolute atomic E-state index is 6.00. The predicted molar refractivity (Wildman–Crippen MR) is 78.5 cm³/mol. The molecule has 2 N–H and O–H groups in total. The molecule has 0 aliphatic carbocycles. The third-order valence-corrected chi connectivity index (χ3v) is 4.32. The van der Waals surface area contributed by atoms with E-state index in [-0.39, 0.29) is 6.10 Å². The minimum absolute atomic E-state index is 0.280. The summed E-state index contributed by atoms with van der Waals surface area (Å²) in [5, 5.41) is 0. The highest BCUT2D eigenvalue weighted by Gasteiger charge is 2.28. The summed E-state index contributed by atoms with van der Waals surface area (Å²) < 4.78 is 6.00. The highest BCUT2D eigenvalue weighted by molar-refractivity contribution is 5.55. The van der Waals surface area contributed by atoms with Crippen molar-refractivity contribution in [1.82, 2.24) is 0 Å². The minimum Gasteiger partial charge on any atom is -0.372 e. The Morgan fingerprint density at radius 3 is 2.84 bits per heavy atom. The van der Waals surface area contributed by atoms with E-state index < -0.39 is 0 Å². The van der Waals surface area contributed by atoms with E-state index in [1.165, 1.54) is 17.7 Å². The molecule has 3 unspecified atom stereocenters. The first-order chi connectivity index (χ1) is 9.26. The van der Waals surface area contributed by atoms with Crippen LogP contribution < -0.4 is 10.6 Å². The Balaban J connectivity index is 1.71. The van der Waals surface area contributed by atoms with Crippen LogP contribution in [0.1, 0.15) is 25.3 Å². The van der Waals surface area contributed by atoms with Crippen LogP contribution in [0.4, 0.5) is 5.69 Å². The lowest BCUT2D eigenvalue weighted by molar-refractivity contribution is 0.0538. The monoisotopic (exact) mass is 260 g/mol. The van der Waals surface area contributed by atoms with Crippen molar-refractivity contribution in [1.29, 1.82) is 0 Å². The van der Waals surface area contributed by atoms with E-state index in [0.717, 1.165) is 31.8 Å². The molecule has 0 amide bonds. The van der Waals surface area contributed by atoms with Gasteiger partial charge in [-0.3, -0.25) is 0 Å². The van der Waals surface area contributed by atoms with Gasteiger partial charge in [0.15, 0.2) is 0 Å². The summed E-state index contributed by atoms with van der Waals surface area (Å²) >= 11 is 0. The van der Waals surface area contributed by atoms with Crippen molar-refractivity contribution in [2.45, 2.75) is 38.4 Å². The van der Waals surface area contributed by atoms with Crippen molar-refractivity contribution in [2.24, 2.45) is 11.7 Å². The van der Waals surface area contributed by atoms with Crippen molar-refractivity contribution >= 4 is 5.69 Å². The van der Waals surface area contributed by atoms with Crippen LogP contribution in [0, 0.1) is 5.92 Å². The summed E-state index contributed by atoms with van der Waals surface area (Å²) in [6, 6.07) is 8.79. The fourth-order valence-corrected chi connectivity index (χ4v) is 3.41. The topological polar surface area (TPSA) is 38.5 Å². The Morgan fingerprint density at radius 1 is 1.26 bits per heavy atom. The number of nitrogens with zero attached hydrogens (tertiary/aromatic N) is 1. The number of fused-ring (bicyclic) bond motifs is 1. The summed E-state index contributed by atoms with van der Waals surface area (Å²) in [4.78, 5) is 2.51. The van der Waals surface area contributed by atoms with Gasteiger partial charge in [-0.05, 0) is 36.8 Å². The van der Waals surface area contributed by atoms with Crippen molar-refractivity contribution < 1.29 is 4.74 Å². The molecular formula is C16H24N2O. The number of ether oxygens (including phenoxy) is 1. The summed E-state index contributed by atoms with van der Waals surface area (Å²) in [6.07, 6.45) is 4.10. The van der Waals surface area contributed by atoms with Crippen molar-refractivity contribution in [3.63, 3.8) is 0 Å². The second kappa shape index (κ2) is 5.51. The van der Waals surface area contributed by atoms with Crippen LogP contribution in [0.25, 0.3) is 0 Å². The fourth-order valence-electron chi connectivity index (χ4n) is 3.41. The predicted octanol–water partition coefficient (Wildman–Crippen LogP) is 2.19. The Hall–Kier alpha value is -1.06. The lowest BCUT2D eigenvalue weighted by atomic mass is 9.93. The summed E-state index contributed by atoms with van der Waals surface area (Å²) in [5.74, 6) is 0.724. The average Bonchev–Trinajstić information content (AvgIpc) is 2.86. The largest absolute Gasteiger partial charge is 0.372 e. The molecule has 1 aromatic carbocycles. The normalized spacial score (nSPS) is 30.4. The first-order valence-corrected chi connectivity index (χ1v) is 7.44. The molecule has 0 spiro atoms. The molecule has 1 aromatic rings. The van der Waals surface area contributed by atoms with Crippen molar-refractivity contribution in [3.05, 3.63) is 29.8 Å². The molecule has 3 atom stereocenters. The van der Waals surface area contributed by atoms with Crippen LogP contribution >= 0.6 is 0 Å². The molecule has 2 heterocycles. The van der Waals surface area contributed by atoms with Gasteiger partial charge in [-0.25, -0.2) is 0 Å². The highest BCUT2D eigenvalue weighted by Crippen LogP contribution is 2.31. The van der Waals surface area contributed by atoms with Gasteiger partial charge in [-0.15, -0.1) is 0 Å². The smallest absolute Gasteiger partial charge is 0.0755 e. The summed E-state index contributed by atoms with van der Waals surface area (Å²) in [7, 11) is 0. The van der Waals surface area contributed by atoms with Gasteiger partial charge >= 0.3 is 0 Å². The molecule has 0 aromatic heterocycles. The first-order valence-electron chi connectivity index (χ1n) is 7.44. The van der Waals surface area contributed by atoms with Gasteiger partial charge in [0.25, 0.3) is 0 Å². The Bertz CT molecular complexity index is 435. The van der Waals surface area contributed by atoms with Crippen LogP contribution in [0.2, 0.25) is 0 Å². The molecule has 3 nitrogen and oxygen atoms in total. The number of rotatable bonds is 3. The molecule has 1 saturated heterocycles. The Labute approximate surface area is 115 Å². The van der Waals surface area contributed by atoms with E-state index in [2.05, 4.69) is 36.1 Å². The van der Waals surface area contributed by atoms with E-state index in [1.54, 1.807) is 0 Å². The van der Waals surface area contributed by atoms with Crippen LogP contribution in [0.5, 0.6) is 0 Å². The van der Waals surface area contributed by atoms with E-state index in [4.69, 9.17) is 10.5 Å². The van der Waals surface area contributed by atoms with Crippen molar-refractivity contribution in [2.75, 3.05) is 24.5 Å². The number of benzene rings is 1. The molecular weight excluding hydrogens is 236 g/mol. The summed E-state index contributed by atoms with van der Waals surface area (Å²) in [6.45, 7) is 5.15. The van der Waals surface area contributed by atoms with Gasteiger partial charge in [-0.1, -0.05) is 25.1 Å². The van der Waals surface area contributed by atoms with Gasteiger partial charge in [-0.2, -0.15) is 0 Å². The van der Waals surface area contributed by atoms with E-state index in [1.807, 2.05) is 0 Å². The zero-order chi connectivity index (χ0) is 13.2. The molecule has 0 bridgehead atoms. The number of hydrogen-bond donors (Lipinski definition) is 1. The molecule has 3 heteroatoms. The van der Waals surface area contributed by atoms with Gasteiger partial charge in [0, 0.05) is 25.3 Å². The second-order valence-corrected chi connectivity index (χ2v) is 6.04. The minimum atomic E-state index is 0.280. The number of anilines is 1. The molecule has 104 valence electrons. The average molecular weight is 260 g/mol. The third-order valence-electron chi connectivity index (χ3n) is 4.32. The SMILES string of the molecule is CC1Cc2ccccc2N(CC2CCC(CN)O2)C1. The maximum Gasteiger partial charge on any atom is 0.0755 e. The van der Waals surface area contributed by atoms with Gasteiger partial charge in [0.2, 0.25) is 0 Å². The molecule has 2 aliphatic heterocycles. The molecule has 19 heavy (non-hydrogen) atoms. The lowest BCUT2D eigenvalue weighted by Crippen LogP contribution is -2.39. The molecule has 2 aliphatic rings. The van der Waals surface area contributed by atoms with Crippen LogP contribution in [0.3, 0.4) is 0 Å². The lowest BCUT2D eigenvalue weighted by Gasteiger charge is -2.36. The highest BCUT2D eigenvalue weighted by atomic mass is 16.5. The fraction of sp³-hybridized carbons (Fsp3) is 0.625. The van der Waals surface area contributed by atoms with Crippen LogP contribution in [0.15, 0.2) is 24.3 Å². The van der Waals surface area contributed by atoms with Crippen LogP contribution in [-0.4, -0.2) is 31.8 Å².